The van der Waals surface area contributed by atoms with Gasteiger partial charge in [0.1, 0.15) is 5.82 Å². The van der Waals surface area contributed by atoms with Crippen LogP contribution in [-0.4, -0.2) is 6.54 Å². The second kappa shape index (κ2) is 3.93. The molecule has 0 unspecified atom stereocenters. The Bertz CT molecular complexity index is 383. The average molecular weight is 248 g/mol. The van der Waals surface area contributed by atoms with Crippen molar-refractivity contribution < 1.29 is 4.39 Å². The van der Waals surface area contributed by atoms with E-state index in [1.165, 1.54) is 6.07 Å². The lowest BCUT2D eigenvalue weighted by molar-refractivity contribution is 0.245. The molecule has 0 aromatic heterocycles. The normalized spacial score (nSPS) is 18.7. The molecule has 82 valence electrons. The van der Waals surface area contributed by atoms with Crippen molar-refractivity contribution in [2.75, 3.05) is 6.54 Å². The molecule has 1 saturated carbocycles. The van der Waals surface area contributed by atoms with Gasteiger partial charge in [-0.15, -0.1) is 0 Å². The van der Waals surface area contributed by atoms with Crippen LogP contribution in [0.15, 0.2) is 12.1 Å². The van der Waals surface area contributed by atoms with Crippen LogP contribution in [0.2, 0.25) is 10.0 Å². The van der Waals surface area contributed by atoms with Gasteiger partial charge in [-0.2, -0.15) is 0 Å². The van der Waals surface area contributed by atoms with Gasteiger partial charge in [0.05, 0.1) is 5.02 Å². The van der Waals surface area contributed by atoms with Gasteiger partial charge in [-0.3, -0.25) is 0 Å². The zero-order valence-electron chi connectivity index (χ0n) is 8.19. The van der Waals surface area contributed by atoms with Crippen molar-refractivity contribution in [2.24, 2.45) is 5.73 Å². The summed E-state index contributed by atoms with van der Waals surface area (Å²) in [6.45, 7) is 0.421. The van der Waals surface area contributed by atoms with E-state index >= 15 is 0 Å². The quantitative estimate of drug-likeness (QED) is 0.796. The minimum absolute atomic E-state index is 0.120. The molecule has 0 atom stereocenters. The molecule has 1 aliphatic carbocycles. The van der Waals surface area contributed by atoms with Gasteiger partial charge in [-0.25, -0.2) is 4.39 Å². The number of hydrogen-bond acceptors (Lipinski definition) is 1. The van der Waals surface area contributed by atoms with E-state index in [1.54, 1.807) is 6.07 Å². The van der Waals surface area contributed by atoms with Crippen LogP contribution in [0.25, 0.3) is 0 Å². The molecule has 1 nitrogen and oxygen atoms in total. The molecular weight excluding hydrogens is 236 g/mol. The van der Waals surface area contributed by atoms with Crippen LogP contribution in [0, 0.1) is 5.82 Å². The smallest absolute Gasteiger partial charge is 0.147 e. The zero-order valence-corrected chi connectivity index (χ0v) is 9.71. The predicted octanol–water partition coefficient (Wildman–Crippen LogP) is 3.51. The van der Waals surface area contributed by atoms with Crippen molar-refractivity contribution in [3.05, 3.63) is 33.6 Å². The molecular formula is C11H12Cl2FN. The molecule has 0 spiro atoms. The molecule has 1 aliphatic rings. The van der Waals surface area contributed by atoms with Crippen molar-refractivity contribution in [3.8, 4) is 0 Å². The maximum atomic E-state index is 13.9. The van der Waals surface area contributed by atoms with Gasteiger partial charge in [0.25, 0.3) is 0 Å². The van der Waals surface area contributed by atoms with Gasteiger partial charge in [-0.1, -0.05) is 29.6 Å². The lowest BCUT2D eigenvalue weighted by atomic mass is 9.64. The molecule has 15 heavy (non-hydrogen) atoms. The molecule has 1 aromatic carbocycles. The summed E-state index contributed by atoms with van der Waals surface area (Å²) in [6, 6.07) is 3.11. The lowest BCUT2D eigenvalue weighted by Gasteiger charge is -2.42. The molecule has 0 aliphatic heterocycles. The molecule has 2 rings (SSSR count). The van der Waals surface area contributed by atoms with E-state index in [-0.39, 0.29) is 10.4 Å². The van der Waals surface area contributed by atoms with E-state index in [0.717, 1.165) is 19.3 Å². The van der Waals surface area contributed by atoms with E-state index < -0.39 is 5.82 Å². The van der Waals surface area contributed by atoms with E-state index in [9.17, 15) is 4.39 Å². The molecule has 4 heteroatoms. The minimum atomic E-state index is -0.408. The summed E-state index contributed by atoms with van der Waals surface area (Å²) in [7, 11) is 0. The maximum Gasteiger partial charge on any atom is 0.147 e. The highest BCUT2D eigenvalue weighted by Gasteiger charge is 2.41. The Balaban J connectivity index is 2.55. The van der Waals surface area contributed by atoms with Crippen molar-refractivity contribution >= 4 is 23.2 Å². The van der Waals surface area contributed by atoms with Crippen molar-refractivity contribution in [1.82, 2.24) is 0 Å². The zero-order chi connectivity index (χ0) is 11.1. The number of benzene rings is 1. The van der Waals surface area contributed by atoms with Gasteiger partial charge in [0.2, 0.25) is 0 Å². The van der Waals surface area contributed by atoms with Crippen LogP contribution >= 0.6 is 23.2 Å². The Morgan fingerprint density at radius 2 is 1.87 bits per heavy atom. The first-order chi connectivity index (χ1) is 7.10. The first-order valence-electron chi connectivity index (χ1n) is 4.95. The third kappa shape index (κ3) is 1.65. The third-order valence-corrected chi connectivity index (χ3v) is 3.88. The van der Waals surface area contributed by atoms with E-state index in [1.807, 2.05) is 0 Å². The topological polar surface area (TPSA) is 26.0 Å². The Morgan fingerprint density at radius 3 is 2.33 bits per heavy atom. The summed E-state index contributed by atoms with van der Waals surface area (Å²) in [5.74, 6) is -0.408. The first-order valence-corrected chi connectivity index (χ1v) is 5.70. The summed E-state index contributed by atoms with van der Waals surface area (Å²) in [5.41, 5.74) is 5.94. The van der Waals surface area contributed by atoms with Crippen molar-refractivity contribution in [3.63, 3.8) is 0 Å². The van der Waals surface area contributed by atoms with Gasteiger partial charge >= 0.3 is 0 Å². The Labute approximate surface area is 98.4 Å². The molecule has 2 N–H and O–H groups in total. The molecule has 0 saturated heterocycles. The number of halogens is 3. The van der Waals surface area contributed by atoms with Crippen LogP contribution in [0.1, 0.15) is 24.8 Å². The highest BCUT2D eigenvalue weighted by atomic mass is 35.5. The number of hydrogen-bond donors (Lipinski definition) is 1. The van der Waals surface area contributed by atoms with Crippen molar-refractivity contribution in [1.29, 1.82) is 0 Å². The van der Waals surface area contributed by atoms with Gasteiger partial charge < -0.3 is 5.73 Å². The molecule has 0 bridgehead atoms. The fraction of sp³-hybridized carbons (Fsp3) is 0.455. The van der Waals surface area contributed by atoms with Crippen LogP contribution in [0.3, 0.4) is 0 Å². The standard InChI is InChI=1S/C11H12Cl2FN/c12-7-2-3-8(13)10(14)9(7)11(6-15)4-1-5-11/h2-3H,1,4-6,15H2. The molecule has 0 radical (unpaired) electrons. The van der Waals surface area contributed by atoms with Crippen molar-refractivity contribution in [2.45, 2.75) is 24.7 Å². The largest absolute Gasteiger partial charge is 0.330 e. The fourth-order valence-corrected chi connectivity index (χ4v) is 2.68. The molecule has 1 fully saturated rings. The van der Waals surface area contributed by atoms with Gasteiger partial charge in [0, 0.05) is 22.5 Å². The summed E-state index contributed by atoms with van der Waals surface area (Å²) in [4.78, 5) is 0. The average Bonchev–Trinajstić information content (AvgIpc) is 2.16. The summed E-state index contributed by atoms with van der Waals surface area (Å²) >= 11 is 11.8. The van der Waals surface area contributed by atoms with Gasteiger partial charge in [0.15, 0.2) is 0 Å². The van der Waals surface area contributed by atoms with E-state index in [0.29, 0.717) is 17.1 Å². The SMILES string of the molecule is NCC1(c2c(Cl)ccc(Cl)c2F)CCC1. The number of nitrogens with two attached hydrogens (primary N) is 1. The second-order valence-corrected chi connectivity index (χ2v) is 4.87. The summed E-state index contributed by atoms with van der Waals surface area (Å²) in [5, 5.41) is 0.552. The van der Waals surface area contributed by atoms with Crippen LogP contribution < -0.4 is 5.73 Å². The Kier molecular flexibility index (Phi) is 2.93. The molecule has 0 heterocycles. The summed E-state index contributed by atoms with van der Waals surface area (Å²) < 4.78 is 13.9. The first kappa shape index (κ1) is 11.2. The van der Waals surface area contributed by atoms with Crippen LogP contribution in [0.4, 0.5) is 4.39 Å². The molecule has 0 amide bonds. The predicted molar refractivity (Wildman–Crippen MR) is 61.0 cm³/mol. The highest BCUT2D eigenvalue weighted by Crippen LogP contribution is 2.47. The fourth-order valence-electron chi connectivity index (χ4n) is 2.17. The second-order valence-electron chi connectivity index (χ2n) is 4.06. The highest BCUT2D eigenvalue weighted by molar-refractivity contribution is 6.33. The molecule has 1 aromatic rings. The third-order valence-electron chi connectivity index (χ3n) is 3.28. The summed E-state index contributed by atoms with van der Waals surface area (Å²) in [6.07, 6.45) is 2.85. The van der Waals surface area contributed by atoms with Crippen LogP contribution in [-0.2, 0) is 5.41 Å². The van der Waals surface area contributed by atoms with Crippen LogP contribution in [0.5, 0.6) is 0 Å². The number of rotatable bonds is 2. The Morgan fingerprint density at radius 1 is 1.27 bits per heavy atom. The maximum absolute atomic E-state index is 13.9. The lowest BCUT2D eigenvalue weighted by Crippen LogP contribution is -2.42. The minimum Gasteiger partial charge on any atom is -0.330 e. The monoisotopic (exact) mass is 247 g/mol. The van der Waals surface area contributed by atoms with E-state index in [4.69, 9.17) is 28.9 Å². The van der Waals surface area contributed by atoms with E-state index in [2.05, 4.69) is 0 Å². The van der Waals surface area contributed by atoms with Gasteiger partial charge in [-0.05, 0) is 25.0 Å². The Hall–Kier alpha value is -0.310.